The van der Waals surface area contributed by atoms with Crippen molar-refractivity contribution in [3.8, 4) is 28.7 Å². The van der Waals surface area contributed by atoms with Gasteiger partial charge in [-0.25, -0.2) is 0 Å². The van der Waals surface area contributed by atoms with Crippen molar-refractivity contribution in [3.05, 3.63) is 224 Å². The molecule has 12 aromatic rings. The van der Waals surface area contributed by atoms with Gasteiger partial charge in [-0.3, -0.25) is 0 Å². The van der Waals surface area contributed by atoms with Gasteiger partial charge in [0.2, 0.25) is 0 Å². The molecule has 10 aromatic carbocycles. The Balaban J connectivity index is 0.955. The fourth-order valence-corrected chi connectivity index (χ4v) is 12.6. The van der Waals surface area contributed by atoms with Gasteiger partial charge in [-0.1, -0.05) is 108 Å². The molecule has 0 unspecified atom stereocenters. The van der Waals surface area contributed by atoms with Crippen LogP contribution in [-0.2, 0) is 0 Å². The second-order valence-electron chi connectivity index (χ2n) is 17.2. The van der Waals surface area contributed by atoms with Gasteiger partial charge in [-0.2, -0.15) is 5.26 Å². The molecule has 2 aliphatic rings. The van der Waals surface area contributed by atoms with Crippen molar-refractivity contribution in [2.24, 2.45) is 0 Å². The number of benzene rings is 10. The van der Waals surface area contributed by atoms with Crippen LogP contribution in [0.4, 0.5) is 34.1 Å². The summed E-state index contributed by atoms with van der Waals surface area (Å²) in [6.45, 7) is -0.246. The third-order valence-electron chi connectivity index (χ3n) is 13.3. The van der Waals surface area contributed by atoms with E-state index in [-0.39, 0.29) is 24.5 Å². The zero-order chi connectivity index (χ0) is 49.9. The molecule has 0 N–H and O–H groups in total. The highest BCUT2D eigenvalue weighted by atomic mass is 32.2. The monoisotopic (exact) mass is 922 g/mol. The summed E-state index contributed by atoms with van der Waals surface area (Å²) in [5, 5.41) is 14.3. The highest BCUT2D eigenvalue weighted by molar-refractivity contribution is 8.00. The number of para-hydroxylation sites is 3. The van der Waals surface area contributed by atoms with Crippen LogP contribution in [0.15, 0.2) is 232 Å². The Labute approximate surface area is 413 Å². The maximum Gasteiger partial charge on any atom is 0.253 e. The van der Waals surface area contributed by atoms with Crippen molar-refractivity contribution in [1.29, 1.82) is 5.26 Å². The lowest BCUT2D eigenvalue weighted by Crippen LogP contribution is -2.57. The second-order valence-corrected chi connectivity index (χ2v) is 19.3. The number of anilines is 6. The number of hydrogen-bond donors (Lipinski definition) is 0. The van der Waals surface area contributed by atoms with Crippen molar-refractivity contribution in [3.63, 3.8) is 0 Å². The zero-order valence-corrected chi connectivity index (χ0v) is 38.1. The van der Waals surface area contributed by atoms with Crippen LogP contribution in [0.1, 0.15) is 12.4 Å². The first-order valence-corrected chi connectivity index (χ1v) is 24.2. The van der Waals surface area contributed by atoms with Crippen molar-refractivity contribution >= 4 is 122 Å². The Morgan fingerprint density at radius 2 is 1.19 bits per heavy atom. The quantitative estimate of drug-likeness (QED) is 0.148. The predicted octanol–water partition coefficient (Wildman–Crippen LogP) is 15.5. The topological polar surface area (TPSA) is 52.6 Å². The summed E-state index contributed by atoms with van der Waals surface area (Å²) in [6.07, 6.45) is 0. The first kappa shape index (κ1) is 34.8. The summed E-state index contributed by atoms with van der Waals surface area (Å²) in [4.78, 5) is 6.04. The minimum atomic E-state index is -0.456. The molecule has 69 heavy (non-hydrogen) atoms. The van der Waals surface area contributed by atoms with Crippen molar-refractivity contribution in [2.45, 2.75) is 9.79 Å². The summed E-state index contributed by atoms with van der Waals surface area (Å²) in [6, 6.07) is 63.7. The lowest BCUT2D eigenvalue weighted by Gasteiger charge is -2.35. The average Bonchev–Trinajstić information content (AvgIpc) is 4.07. The Hall–Kier alpha value is -8.48. The van der Waals surface area contributed by atoms with E-state index in [2.05, 4.69) is 108 Å². The van der Waals surface area contributed by atoms with Crippen LogP contribution >= 0.6 is 23.1 Å². The number of furan rings is 1. The number of thiophene rings is 1. The molecular formula is C61H36BN3O2S2. The van der Waals surface area contributed by atoms with Crippen LogP contribution in [0, 0.1) is 11.3 Å². The van der Waals surface area contributed by atoms with Gasteiger partial charge >= 0.3 is 0 Å². The molecule has 8 heteroatoms. The van der Waals surface area contributed by atoms with E-state index in [1.54, 1.807) is 28.0 Å². The van der Waals surface area contributed by atoms with Gasteiger partial charge in [-0.15, -0.1) is 11.3 Å². The Morgan fingerprint density at radius 3 is 1.97 bits per heavy atom. The number of rotatable bonds is 7. The largest absolute Gasteiger partial charge is 0.458 e. The minimum Gasteiger partial charge on any atom is -0.458 e. The second kappa shape index (κ2) is 15.8. The number of ether oxygens (including phenoxy) is 1. The lowest BCUT2D eigenvalue weighted by molar-refractivity contribution is 0.486. The summed E-state index contributed by atoms with van der Waals surface area (Å²) >= 11 is 3.50. The van der Waals surface area contributed by atoms with Crippen LogP contribution in [-0.4, -0.2) is 6.71 Å². The molecule has 0 saturated carbocycles. The van der Waals surface area contributed by atoms with Gasteiger partial charge in [0.15, 0.2) is 0 Å². The third kappa shape index (κ3) is 6.47. The number of fused-ring (bicyclic) bond motifs is 11. The van der Waals surface area contributed by atoms with E-state index >= 15 is 0 Å². The van der Waals surface area contributed by atoms with Crippen LogP contribution in [0.3, 0.4) is 0 Å². The van der Waals surface area contributed by atoms with E-state index in [0.717, 1.165) is 76.3 Å². The summed E-state index contributed by atoms with van der Waals surface area (Å²) in [5.74, 6) is 1.28. The molecule has 0 aliphatic carbocycles. The molecule has 0 atom stereocenters. The first-order valence-electron chi connectivity index (χ1n) is 25.1. The van der Waals surface area contributed by atoms with Crippen molar-refractivity contribution in [2.75, 3.05) is 9.80 Å². The summed E-state index contributed by atoms with van der Waals surface area (Å²) in [7, 11) is 0. The van der Waals surface area contributed by atoms with E-state index in [1.807, 2.05) is 91.0 Å². The normalized spacial score (nSPS) is 13.4. The minimum absolute atomic E-state index is 0.0361. The van der Waals surface area contributed by atoms with Gasteiger partial charge < -0.3 is 19.0 Å². The fourth-order valence-electron chi connectivity index (χ4n) is 10.2. The fraction of sp³-hybridized carbons (Fsp3) is 0. The van der Waals surface area contributed by atoms with E-state index in [1.165, 1.54) is 20.2 Å². The highest BCUT2D eigenvalue weighted by Crippen LogP contribution is 2.47. The van der Waals surface area contributed by atoms with Crippen LogP contribution < -0.4 is 30.9 Å². The summed E-state index contributed by atoms with van der Waals surface area (Å²) in [5.41, 5.74) is 11.3. The molecular weight excluding hydrogens is 882 g/mol. The molecule has 0 saturated heterocycles. The van der Waals surface area contributed by atoms with Crippen LogP contribution in [0.25, 0.3) is 53.2 Å². The lowest BCUT2D eigenvalue weighted by atomic mass is 9.35. The Kier molecular flexibility index (Phi) is 7.97. The predicted molar refractivity (Wildman–Crippen MR) is 288 cm³/mol. The molecule has 0 radical (unpaired) electrons. The zero-order valence-electron chi connectivity index (χ0n) is 41.4. The van der Waals surface area contributed by atoms with Crippen molar-refractivity contribution in [1.82, 2.24) is 0 Å². The maximum absolute atomic E-state index is 9.66. The number of nitriles is 1. The number of hydrogen-bond acceptors (Lipinski definition) is 7. The van der Waals surface area contributed by atoms with Gasteiger partial charge in [0.1, 0.15) is 22.7 Å². The molecule has 0 amide bonds. The van der Waals surface area contributed by atoms with Gasteiger partial charge in [0, 0.05) is 80.9 Å². The van der Waals surface area contributed by atoms with E-state index in [4.69, 9.17) is 16.0 Å². The average molecular weight is 923 g/mol. The van der Waals surface area contributed by atoms with E-state index < -0.39 is 18.1 Å². The third-order valence-corrected chi connectivity index (χ3v) is 15.5. The smallest absolute Gasteiger partial charge is 0.253 e. The van der Waals surface area contributed by atoms with E-state index in [9.17, 15) is 5.26 Å². The molecule has 322 valence electrons. The molecule has 0 bridgehead atoms. The molecule has 5 nitrogen and oxygen atoms in total. The molecule has 0 fully saturated rings. The van der Waals surface area contributed by atoms with Crippen molar-refractivity contribution < 1.29 is 16.0 Å². The SMILES string of the molecule is [2H]c1c([2H])c([2H])c(N(c2ccccc2)c2ccc3c(c2)Oc2cc(-c4ccc5c(c4)oc4ccc6sc7ccccc7c6c45)cc4c2B3c2ccc(N(c3ccccc3)c3ccc(C#N)cc3)cc2S4)c([2H])c1[2H]. The van der Waals surface area contributed by atoms with Gasteiger partial charge in [0.25, 0.3) is 6.71 Å². The molecule has 4 heterocycles. The Morgan fingerprint density at radius 1 is 0.493 bits per heavy atom. The highest BCUT2D eigenvalue weighted by Gasteiger charge is 2.40. The van der Waals surface area contributed by atoms with Crippen LogP contribution in [0.5, 0.6) is 11.5 Å². The molecule has 2 aliphatic heterocycles. The summed E-state index contributed by atoms with van der Waals surface area (Å²) < 4.78 is 60.0. The molecule has 0 spiro atoms. The first-order chi connectivity index (χ1) is 36.2. The standard InChI is InChI=1S/C61H36BN3O2S2/c63-37-38-20-23-44(24-21-38)65(43-16-8-3-9-17-43)46-26-29-50-57(36-46)69-58-34-40(39-22-27-47-52(32-39)66-51-30-31-56-60(59(47)51)48-18-10-11-19-55(48)68-56)33-54-61(58)62(50)49-28-25-45(35-53(49)67-54)64(41-12-4-1-5-13-41)42-14-6-2-7-15-42/h1-36H/i1D,4D,5D,12D,13D. The maximum atomic E-state index is 9.66. The van der Waals surface area contributed by atoms with Crippen LogP contribution in [0.2, 0.25) is 0 Å². The number of nitrogens with zero attached hydrogens (tertiary/aromatic N) is 3. The molecule has 14 rings (SSSR count). The van der Waals surface area contributed by atoms with E-state index in [0.29, 0.717) is 28.4 Å². The molecule has 2 aromatic heterocycles. The Bertz CT molecular complexity index is 4340. The van der Waals surface area contributed by atoms with Gasteiger partial charge in [-0.05, 0) is 143 Å². The van der Waals surface area contributed by atoms with Gasteiger partial charge in [0.05, 0.1) is 18.5 Å².